The largest absolute Gasteiger partial charge is 0.463 e. The predicted octanol–water partition coefficient (Wildman–Crippen LogP) is 5.74. The van der Waals surface area contributed by atoms with Gasteiger partial charge >= 0.3 is 5.97 Å². The number of unbranched alkanes of at least 4 members (excludes halogenated alkanes) is 1. The third-order valence-corrected chi connectivity index (χ3v) is 6.81. The molecule has 1 saturated carbocycles. The molecule has 1 unspecified atom stereocenters. The molecule has 0 saturated heterocycles. The number of Topliss-reactive ketones (excluding diaryl/α,β-unsaturated/α-hetero) is 1. The van der Waals surface area contributed by atoms with Gasteiger partial charge in [-0.05, 0) is 76.2 Å². The molecule has 0 heterocycles. The van der Waals surface area contributed by atoms with Crippen molar-refractivity contribution in [3.63, 3.8) is 0 Å². The fourth-order valence-corrected chi connectivity index (χ4v) is 5.09. The molecule has 34 heavy (non-hydrogen) atoms. The van der Waals surface area contributed by atoms with Crippen LogP contribution >= 0.6 is 0 Å². The number of hydrogen-bond acceptors (Lipinski definition) is 5. The number of aliphatic hydroxyl groups is 2. The second kappa shape index (κ2) is 15.1. The van der Waals surface area contributed by atoms with Crippen molar-refractivity contribution in [2.75, 3.05) is 0 Å². The third-order valence-electron chi connectivity index (χ3n) is 6.81. The van der Waals surface area contributed by atoms with Gasteiger partial charge in [-0.3, -0.25) is 9.59 Å². The van der Waals surface area contributed by atoms with Gasteiger partial charge in [-0.1, -0.05) is 55.8 Å². The van der Waals surface area contributed by atoms with Crippen LogP contribution in [0.5, 0.6) is 0 Å². The predicted molar refractivity (Wildman–Crippen MR) is 135 cm³/mol. The standard InChI is InChI=1S/C29H44O5/c1-4-12-23(22-13-8-7-9-14-22)19-24(30)17-18-26-25(27(31)20-28(26)32)15-10-5-6-11-16-29(33)34-21(2)3/h5,7-10,13-14,21,23-26,28,30,32H,4,6,11-12,15-20H2,1-3H3/b10-5-/t23?,24-,25-,26-,28-/m1/s1. The second-order valence-electron chi connectivity index (χ2n) is 10.0. The van der Waals surface area contributed by atoms with E-state index < -0.39 is 12.2 Å². The molecule has 0 radical (unpaired) electrons. The lowest BCUT2D eigenvalue weighted by atomic mass is 9.84. The Morgan fingerprint density at radius 2 is 1.91 bits per heavy atom. The molecule has 0 bridgehead atoms. The summed E-state index contributed by atoms with van der Waals surface area (Å²) in [5, 5.41) is 21.2. The Labute approximate surface area is 205 Å². The van der Waals surface area contributed by atoms with Gasteiger partial charge in [0, 0.05) is 18.8 Å². The zero-order valence-corrected chi connectivity index (χ0v) is 21.2. The van der Waals surface area contributed by atoms with Gasteiger partial charge < -0.3 is 14.9 Å². The average molecular weight is 473 g/mol. The van der Waals surface area contributed by atoms with Crippen LogP contribution in [-0.2, 0) is 14.3 Å². The highest BCUT2D eigenvalue weighted by atomic mass is 16.5. The van der Waals surface area contributed by atoms with E-state index in [1.807, 2.05) is 44.2 Å². The molecule has 0 spiro atoms. The van der Waals surface area contributed by atoms with E-state index in [9.17, 15) is 19.8 Å². The summed E-state index contributed by atoms with van der Waals surface area (Å²) in [6, 6.07) is 10.3. The highest BCUT2D eigenvalue weighted by Crippen LogP contribution is 2.36. The van der Waals surface area contributed by atoms with Crippen LogP contribution < -0.4 is 0 Å². The van der Waals surface area contributed by atoms with Crippen molar-refractivity contribution >= 4 is 11.8 Å². The van der Waals surface area contributed by atoms with Crippen molar-refractivity contribution in [3.8, 4) is 0 Å². The molecule has 5 atom stereocenters. The normalized spacial score (nSPS) is 22.4. The molecule has 1 fully saturated rings. The van der Waals surface area contributed by atoms with Crippen LogP contribution in [0.4, 0.5) is 0 Å². The maximum Gasteiger partial charge on any atom is 0.306 e. The maximum absolute atomic E-state index is 12.5. The minimum absolute atomic E-state index is 0.0887. The topological polar surface area (TPSA) is 83.8 Å². The van der Waals surface area contributed by atoms with Crippen molar-refractivity contribution in [2.24, 2.45) is 11.8 Å². The van der Waals surface area contributed by atoms with Gasteiger partial charge in [0.25, 0.3) is 0 Å². The molecule has 5 heteroatoms. The molecular weight excluding hydrogens is 428 g/mol. The van der Waals surface area contributed by atoms with Gasteiger partial charge in [-0.25, -0.2) is 0 Å². The summed E-state index contributed by atoms with van der Waals surface area (Å²) in [6.45, 7) is 5.85. The third kappa shape index (κ3) is 9.71. The molecule has 0 aromatic heterocycles. The summed E-state index contributed by atoms with van der Waals surface area (Å²) in [5.74, 6) is -0.0261. The van der Waals surface area contributed by atoms with Crippen LogP contribution in [0.25, 0.3) is 0 Å². The van der Waals surface area contributed by atoms with Crippen LogP contribution in [0, 0.1) is 11.8 Å². The minimum Gasteiger partial charge on any atom is -0.463 e. The van der Waals surface area contributed by atoms with Crippen molar-refractivity contribution in [1.82, 2.24) is 0 Å². The quantitative estimate of drug-likeness (QED) is 0.193. The number of ether oxygens (including phenoxy) is 1. The number of ketones is 1. The Bertz CT molecular complexity index is 757. The number of esters is 1. The van der Waals surface area contributed by atoms with E-state index in [1.165, 1.54) is 5.56 Å². The summed E-state index contributed by atoms with van der Waals surface area (Å²) >= 11 is 0. The van der Waals surface area contributed by atoms with Crippen molar-refractivity contribution in [1.29, 1.82) is 0 Å². The van der Waals surface area contributed by atoms with E-state index in [-0.39, 0.29) is 36.1 Å². The summed E-state index contributed by atoms with van der Waals surface area (Å²) < 4.78 is 5.13. The monoisotopic (exact) mass is 472 g/mol. The molecule has 2 N–H and O–H groups in total. The zero-order valence-electron chi connectivity index (χ0n) is 21.2. The molecule has 2 rings (SSSR count). The summed E-state index contributed by atoms with van der Waals surface area (Å²) in [5.41, 5.74) is 1.26. The van der Waals surface area contributed by atoms with Crippen LogP contribution in [0.15, 0.2) is 42.5 Å². The molecular formula is C29H44O5. The molecule has 1 aromatic rings. The Morgan fingerprint density at radius 1 is 1.18 bits per heavy atom. The number of allylic oxidation sites excluding steroid dienone is 2. The van der Waals surface area contributed by atoms with Gasteiger partial charge in [0.1, 0.15) is 5.78 Å². The molecule has 1 aliphatic rings. The van der Waals surface area contributed by atoms with E-state index >= 15 is 0 Å². The van der Waals surface area contributed by atoms with E-state index in [0.717, 1.165) is 25.7 Å². The second-order valence-corrected chi connectivity index (χ2v) is 10.0. The molecule has 5 nitrogen and oxygen atoms in total. The average Bonchev–Trinajstić information content (AvgIpc) is 3.06. The van der Waals surface area contributed by atoms with Crippen molar-refractivity contribution < 1.29 is 24.5 Å². The Hall–Kier alpha value is -1.98. The first-order chi connectivity index (χ1) is 16.3. The summed E-state index contributed by atoms with van der Waals surface area (Å²) in [6.07, 6.45) is 9.62. The number of rotatable bonds is 15. The fraction of sp³-hybridized carbons (Fsp3) is 0.655. The number of carbonyl (C=O) groups excluding carboxylic acids is 2. The number of hydrogen-bond donors (Lipinski definition) is 2. The zero-order chi connectivity index (χ0) is 24.9. The number of benzene rings is 1. The van der Waals surface area contributed by atoms with Crippen molar-refractivity contribution in [2.45, 2.75) is 109 Å². The van der Waals surface area contributed by atoms with Gasteiger partial charge in [-0.15, -0.1) is 0 Å². The van der Waals surface area contributed by atoms with Crippen molar-refractivity contribution in [3.05, 3.63) is 48.0 Å². The van der Waals surface area contributed by atoms with E-state index in [4.69, 9.17) is 4.74 Å². The minimum atomic E-state index is -0.621. The maximum atomic E-state index is 12.5. The highest BCUT2D eigenvalue weighted by molar-refractivity contribution is 5.84. The highest BCUT2D eigenvalue weighted by Gasteiger charge is 2.40. The van der Waals surface area contributed by atoms with Gasteiger partial charge in [0.15, 0.2) is 0 Å². The molecule has 0 aliphatic heterocycles. The Balaban J connectivity index is 1.80. The lowest BCUT2D eigenvalue weighted by molar-refractivity contribution is -0.147. The van der Waals surface area contributed by atoms with E-state index in [0.29, 0.717) is 38.0 Å². The van der Waals surface area contributed by atoms with Crippen LogP contribution in [0.3, 0.4) is 0 Å². The van der Waals surface area contributed by atoms with Crippen LogP contribution in [0.1, 0.15) is 96.5 Å². The SMILES string of the molecule is CCCC(C[C@H](O)CC[C@H]1[C@H](O)CC(=O)[C@@H]1C/C=C\CCCC(=O)OC(C)C)c1ccccc1. The molecule has 1 aromatic carbocycles. The van der Waals surface area contributed by atoms with E-state index in [1.54, 1.807) is 0 Å². The first kappa shape index (κ1) is 28.3. The Kier molecular flexibility index (Phi) is 12.6. The van der Waals surface area contributed by atoms with Gasteiger partial charge in [0.2, 0.25) is 0 Å². The number of aliphatic hydroxyl groups excluding tert-OH is 2. The molecule has 190 valence electrons. The first-order valence-corrected chi connectivity index (χ1v) is 13.1. The molecule has 1 aliphatic carbocycles. The molecule has 0 amide bonds. The first-order valence-electron chi connectivity index (χ1n) is 13.1. The summed E-state index contributed by atoms with van der Waals surface area (Å²) in [4.78, 5) is 24.1. The van der Waals surface area contributed by atoms with Crippen LogP contribution in [-0.4, -0.2) is 40.3 Å². The Morgan fingerprint density at radius 3 is 2.59 bits per heavy atom. The fourth-order valence-electron chi connectivity index (χ4n) is 5.09. The number of carbonyl (C=O) groups is 2. The lowest BCUT2D eigenvalue weighted by Gasteiger charge is -2.24. The lowest BCUT2D eigenvalue weighted by Crippen LogP contribution is -2.23. The van der Waals surface area contributed by atoms with Gasteiger partial charge in [-0.2, -0.15) is 0 Å². The van der Waals surface area contributed by atoms with Crippen LogP contribution in [0.2, 0.25) is 0 Å². The van der Waals surface area contributed by atoms with E-state index in [2.05, 4.69) is 19.1 Å². The smallest absolute Gasteiger partial charge is 0.306 e. The summed E-state index contributed by atoms with van der Waals surface area (Å²) in [7, 11) is 0. The van der Waals surface area contributed by atoms with Gasteiger partial charge in [0.05, 0.1) is 18.3 Å².